The van der Waals surface area contributed by atoms with Crippen molar-refractivity contribution >= 4 is 5.97 Å². The monoisotopic (exact) mass is 602 g/mol. The Morgan fingerprint density at radius 1 is 0.952 bits per heavy atom. The normalized spacial score (nSPS) is 16.3. The number of rotatable bonds is 20. The van der Waals surface area contributed by atoms with Crippen LogP contribution in [0.1, 0.15) is 101 Å². The van der Waals surface area contributed by atoms with Crippen LogP contribution in [-0.4, -0.2) is 46.4 Å². The van der Waals surface area contributed by atoms with Crippen LogP contribution in [0.3, 0.4) is 0 Å². The summed E-state index contributed by atoms with van der Waals surface area (Å²) in [5, 5.41) is 33.7. The standard InChI is InChI=1S/C30H52O4.C2H6.CH4O.H4N2O2/c1-9-10-11-22(2)12-13-23(3)14-15-24(4)20-28(8)30(33)26(6)17-19-34-18-16-25(5)27(7)21-29(31)32;2*1-2;1-2-4-3/h9-11,17,19-20,22-23,25-28,30,33H,1,12-16,18,21H2,2-8H3,(H,31,32);1-2H3;2H,1H3;2-3H,1H2/b11-10-,19-17-,24-20-;;;/t22?,23?,25-,26?,27?,28?,30?;;;/m0.../s1. The number of hydrazine groups is 1. The Morgan fingerprint density at radius 3 is 2.02 bits per heavy atom. The van der Waals surface area contributed by atoms with E-state index in [1.54, 1.807) is 6.26 Å². The van der Waals surface area contributed by atoms with Crippen molar-refractivity contribution in [3.8, 4) is 0 Å². The van der Waals surface area contributed by atoms with Crippen LogP contribution in [0.5, 0.6) is 0 Å². The van der Waals surface area contributed by atoms with E-state index in [4.69, 9.17) is 20.2 Å². The average Bonchev–Trinajstić information content (AvgIpc) is 2.98. The van der Waals surface area contributed by atoms with Gasteiger partial charge in [0.2, 0.25) is 0 Å². The van der Waals surface area contributed by atoms with Gasteiger partial charge < -0.3 is 20.1 Å². The van der Waals surface area contributed by atoms with Gasteiger partial charge in [0.05, 0.1) is 19.0 Å². The highest BCUT2D eigenvalue weighted by Crippen LogP contribution is 2.23. The fourth-order valence-corrected chi connectivity index (χ4v) is 4.02. The second kappa shape index (κ2) is 33.5. The molecule has 7 atom stereocenters. The zero-order chi connectivity index (χ0) is 33.5. The number of nitrogens with one attached hydrogen (secondary N) is 1. The molecule has 6 unspecified atom stereocenters. The number of hydrogen-bond acceptors (Lipinski definition) is 8. The summed E-state index contributed by atoms with van der Waals surface area (Å²) >= 11 is 0. The van der Waals surface area contributed by atoms with Gasteiger partial charge in [-0.25, -0.2) is 11.1 Å². The zero-order valence-electron chi connectivity index (χ0n) is 28.3. The summed E-state index contributed by atoms with van der Waals surface area (Å²) in [4.78, 5) is 13.9. The summed E-state index contributed by atoms with van der Waals surface area (Å²) in [7, 11) is 1.00. The lowest BCUT2D eigenvalue weighted by molar-refractivity contribution is -0.292. The first-order chi connectivity index (χ1) is 19.9. The van der Waals surface area contributed by atoms with E-state index >= 15 is 0 Å². The smallest absolute Gasteiger partial charge is 0.303 e. The van der Waals surface area contributed by atoms with E-state index in [9.17, 15) is 9.90 Å². The molecule has 0 heterocycles. The molecule has 0 aliphatic carbocycles. The Bertz CT molecular complexity index is 696. The number of nitrogens with two attached hydrogens (primary N) is 1. The first kappa shape index (κ1) is 46.9. The molecule has 0 radical (unpaired) electrons. The molecule has 250 valence electrons. The van der Waals surface area contributed by atoms with Crippen molar-refractivity contribution in [2.45, 2.75) is 107 Å². The predicted molar refractivity (Wildman–Crippen MR) is 175 cm³/mol. The third-order valence-corrected chi connectivity index (χ3v) is 7.04. The Morgan fingerprint density at radius 2 is 1.52 bits per heavy atom. The Labute approximate surface area is 257 Å². The molecule has 0 saturated carbocycles. The number of allylic oxidation sites excluding steroid dienone is 4. The number of carbonyl (C=O) groups is 1. The van der Waals surface area contributed by atoms with Crippen LogP contribution in [0.25, 0.3) is 0 Å². The molecule has 42 heavy (non-hydrogen) atoms. The van der Waals surface area contributed by atoms with Gasteiger partial charge in [0, 0.05) is 25.4 Å². The molecule has 0 spiro atoms. The summed E-state index contributed by atoms with van der Waals surface area (Å²) < 4.78 is 5.60. The second-order valence-corrected chi connectivity index (χ2v) is 10.8. The van der Waals surface area contributed by atoms with E-state index in [1.165, 1.54) is 30.4 Å². The Kier molecular flexibility index (Phi) is 37.4. The summed E-state index contributed by atoms with van der Waals surface area (Å²) in [6.45, 7) is 23.1. The quantitative estimate of drug-likeness (QED) is 0.0160. The molecular weight excluding hydrogens is 536 g/mol. The Hall–Kier alpha value is -2.01. The highest BCUT2D eigenvalue weighted by atomic mass is 17.2. The van der Waals surface area contributed by atoms with Crippen LogP contribution in [-0.2, 0) is 14.5 Å². The fourth-order valence-electron chi connectivity index (χ4n) is 4.02. The van der Waals surface area contributed by atoms with E-state index in [0.717, 1.165) is 20.0 Å². The molecule has 0 aliphatic rings. The first-order valence-electron chi connectivity index (χ1n) is 15.2. The molecule has 0 aromatic heterocycles. The fraction of sp³-hybridized carbons (Fsp3) is 0.727. The van der Waals surface area contributed by atoms with Crippen LogP contribution in [0, 0.1) is 35.5 Å². The average molecular weight is 603 g/mol. The lowest BCUT2D eigenvalue weighted by atomic mass is 9.89. The van der Waals surface area contributed by atoms with Gasteiger partial charge in [-0.2, -0.15) is 0 Å². The highest BCUT2D eigenvalue weighted by molar-refractivity contribution is 5.66. The number of aliphatic carboxylic acids is 1. The van der Waals surface area contributed by atoms with Crippen molar-refractivity contribution in [1.29, 1.82) is 0 Å². The van der Waals surface area contributed by atoms with Gasteiger partial charge in [-0.15, -0.1) is 10.6 Å². The molecule has 7 N–H and O–H groups in total. The minimum absolute atomic E-state index is 0.00793. The van der Waals surface area contributed by atoms with Crippen LogP contribution in [0.4, 0.5) is 0 Å². The molecule has 9 nitrogen and oxygen atoms in total. The number of hydrogen-bond donors (Lipinski definition) is 6. The van der Waals surface area contributed by atoms with Crippen molar-refractivity contribution in [1.82, 2.24) is 5.59 Å². The summed E-state index contributed by atoms with van der Waals surface area (Å²) in [5.74, 6) is 5.33. The third kappa shape index (κ3) is 30.9. The zero-order valence-corrected chi connectivity index (χ0v) is 28.3. The molecule has 0 aromatic carbocycles. The molecule has 0 rings (SSSR count). The molecule has 0 aliphatic heterocycles. The van der Waals surface area contributed by atoms with Crippen molar-refractivity contribution in [3.63, 3.8) is 0 Å². The van der Waals surface area contributed by atoms with Gasteiger partial charge in [-0.3, -0.25) is 4.79 Å². The maximum Gasteiger partial charge on any atom is 0.303 e. The van der Waals surface area contributed by atoms with Crippen molar-refractivity contribution in [2.75, 3.05) is 13.7 Å². The number of aliphatic hydroxyl groups is 2. The van der Waals surface area contributed by atoms with E-state index in [2.05, 4.69) is 64.2 Å². The Balaban J connectivity index is -0.000000808. The van der Waals surface area contributed by atoms with Gasteiger partial charge in [0.15, 0.2) is 0 Å². The molecular formula is C33H66N2O7. The third-order valence-electron chi connectivity index (χ3n) is 7.04. The van der Waals surface area contributed by atoms with Gasteiger partial charge in [0.1, 0.15) is 0 Å². The molecule has 0 aromatic rings. The van der Waals surface area contributed by atoms with E-state index in [-0.39, 0.29) is 24.2 Å². The largest absolute Gasteiger partial charge is 0.502 e. The summed E-state index contributed by atoms with van der Waals surface area (Å²) in [5.41, 5.74) is 2.83. The van der Waals surface area contributed by atoms with Crippen LogP contribution >= 0.6 is 0 Å². The summed E-state index contributed by atoms with van der Waals surface area (Å²) in [6.07, 6.45) is 17.1. The highest BCUT2D eigenvalue weighted by Gasteiger charge is 2.18. The predicted octanol–water partition coefficient (Wildman–Crippen LogP) is 7.30. The van der Waals surface area contributed by atoms with Gasteiger partial charge in [0.25, 0.3) is 0 Å². The number of carboxylic acid groups (broad SMARTS) is 1. The maximum atomic E-state index is 10.8. The molecule has 0 bridgehead atoms. The first-order valence-corrected chi connectivity index (χ1v) is 15.2. The van der Waals surface area contributed by atoms with Crippen LogP contribution in [0.2, 0.25) is 0 Å². The number of carboxylic acids is 1. The molecule has 9 heteroatoms. The second-order valence-electron chi connectivity index (χ2n) is 10.8. The maximum absolute atomic E-state index is 10.8. The van der Waals surface area contributed by atoms with E-state index in [0.29, 0.717) is 24.4 Å². The topological polar surface area (TPSA) is 154 Å². The summed E-state index contributed by atoms with van der Waals surface area (Å²) in [6, 6.07) is 0. The minimum atomic E-state index is -0.752. The lowest BCUT2D eigenvalue weighted by Crippen LogP contribution is -2.23. The van der Waals surface area contributed by atoms with Gasteiger partial charge >= 0.3 is 5.97 Å². The molecule has 0 fully saturated rings. The van der Waals surface area contributed by atoms with Gasteiger partial charge in [-0.05, 0) is 62.4 Å². The van der Waals surface area contributed by atoms with E-state index in [1.807, 2.05) is 45.9 Å². The minimum Gasteiger partial charge on any atom is -0.502 e. The SMILES string of the molecule is C=C/C=C\C(C)CCC(C)CC/C(C)=C\C(C)C(O)C(C)/C=C\OCC[C@H](C)C(C)CC(=O)O.CC.CO.NNOO. The van der Waals surface area contributed by atoms with Gasteiger partial charge in [-0.1, -0.05) is 98.3 Å². The number of aliphatic hydroxyl groups excluding tert-OH is 2. The van der Waals surface area contributed by atoms with Crippen molar-refractivity contribution < 1.29 is 35.1 Å². The lowest BCUT2D eigenvalue weighted by Gasteiger charge is -2.21. The molecule has 0 saturated heterocycles. The van der Waals surface area contributed by atoms with Crippen LogP contribution < -0.4 is 11.4 Å². The van der Waals surface area contributed by atoms with Crippen LogP contribution in [0.15, 0.2) is 48.8 Å². The number of ether oxygens (including phenoxy) is 1. The van der Waals surface area contributed by atoms with Crippen molar-refractivity contribution in [2.24, 2.45) is 41.4 Å². The van der Waals surface area contributed by atoms with E-state index < -0.39 is 12.1 Å². The molecule has 0 amide bonds. The van der Waals surface area contributed by atoms with Crippen molar-refractivity contribution in [3.05, 3.63) is 48.8 Å².